The lowest BCUT2D eigenvalue weighted by atomic mass is 9.69. The molecule has 2 atom stereocenters. The van der Waals surface area contributed by atoms with Gasteiger partial charge in [-0.2, -0.15) is 0 Å². The number of rotatable bonds is 1. The van der Waals surface area contributed by atoms with Crippen molar-refractivity contribution >= 4 is 5.91 Å². The minimum absolute atomic E-state index is 0.183. The zero-order valence-electron chi connectivity index (χ0n) is 11.3. The Balaban J connectivity index is 1.89. The van der Waals surface area contributed by atoms with Crippen molar-refractivity contribution in [2.24, 2.45) is 16.6 Å². The predicted octanol–water partition coefficient (Wildman–Crippen LogP) is 2.40. The van der Waals surface area contributed by atoms with E-state index in [1.165, 1.54) is 12.3 Å². The molecule has 20 heavy (non-hydrogen) atoms. The van der Waals surface area contributed by atoms with Crippen LogP contribution < -0.4 is 5.73 Å². The molecule has 2 fully saturated rings. The van der Waals surface area contributed by atoms with Gasteiger partial charge in [0.15, 0.2) is 5.82 Å². The molecule has 2 unspecified atom stereocenters. The van der Waals surface area contributed by atoms with Crippen LogP contribution in [-0.4, -0.2) is 10.9 Å². The summed E-state index contributed by atoms with van der Waals surface area (Å²) in [5.41, 5.74) is 5.19. The van der Waals surface area contributed by atoms with Crippen molar-refractivity contribution in [3.8, 4) is 11.8 Å². The van der Waals surface area contributed by atoms with E-state index >= 15 is 0 Å². The number of hydrogen-bond acceptors (Lipinski definition) is 2. The molecule has 1 heterocycles. The van der Waals surface area contributed by atoms with E-state index in [-0.39, 0.29) is 22.4 Å². The minimum Gasteiger partial charge on any atom is -0.369 e. The summed E-state index contributed by atoms with van der Waals surface area (Å²) >= 11 is 0. The van der Waals surface area contributed by atoms with Crippen LogP contribution in [0.25, 0.3) is 0 Å². The molecule has 104 valence electrons. The maximum absolute atomic E-state index is 13.5. The number of nitrogens with zero attached hydrogens (tertiary/aromatic N) is 1. The smallest absolute Gasteiger partial charge is 0.223 e. The summed E-state index contributed by atoms with van der Waals surface area (Å²) in [6.07, 6.45) is 6.72. The van der Waals surface area contributed by atoms with Crippen molar-refractivity contribution in [1.82, 2.24) is 4.98 Å². The molecule has 3 nitrogen and oxygen atoms in total. The molecule has 2 N–H and O–H groups in total. The second-order valence-electron chi connectivity index (χ2n) is 6.04. The first kappa shape index (κ1) is 13.1. The molecule has 3 rings (SSSR count). The first-order valence-electron chi connectivity index (χ1n) is 6.99. The molecule has 2 aliphatic carbocycles. The summed E-state index contributed by atoms with van der Waals surface area (Å²) in [6, 6.07) is 2.91. The van der Waals surface area contributed by atoms with Crippen LogP contribution >= 0.6 is 0 Å². The summed E-state index contributed by atoms with van der Waals surface area (Å²) in [6.45, 7) is 0. The normalized spacial score (nSPS) is 31.4. The fraction of sp³-hybridized carbons (Fsp3) is 0.500. The van der Waals surface area contributed by atoms with E-state index in [1.807, 2.05) is 0 Å². The fourth-order valence-electron chi connectivity index (χ4n) is 3.67. The Morgan fingerprint density at radius 2 is 2.20 bits per heavy atom. The number of carbonyl (C=O) groups is 1. The number of primary amides is 1. The molecule has 2 aliphatic rings. The summed E-state index contributed by atoms with van der Waals surface area (Å²) in [5, 5.41) is 0. The van der Waals surface area contributed by atoms with Gasteiger partial charge in [-0.3, -0.25) is 4.79 Å². The summed E-state index contributed by atoms with van der Waals surface area (Å²) < 4.78 is 13.5. The Hall–Kier alpha value is -1.89. The van der Waals surface area contributed by atoms with Gasteiger partial charge in [-0.1, -0.05) is 12.3 Å². The number of pyridine rings is 1. The average Bonchev–Trinajstić information content (AvgIpc) is 2.71. The molecule has 1 aromatic heterocycles. The number of aromatic nitrogens is 1. The van der Waals surface area contributed by atoms with Gasteiger partial charge < -0.3 is 5.73 Å². The number of carbonyl (C=O) groups excluding carboxylic acids is 1. The van der Waals surface area contributed by atoms with Gasteiger partial charge in [-0.25, -0.2) is 9.37 Å². The van der Waals surface area contributed by atoms with Gasteiger partial charge in [0.2, 0.25) is 5.91 Å². The van der Waals surface area contributed by atoms with Crippen LogP contribution in [0.1, 0.15) is 44.2 Å². The Bertz CT molecular complexity index is 618. The number of fused-ring (bicyclic) bond motifs is 2. The van der Waals surface area contributed by atoms with Crippen LogP contribution in [0.2, 0.25) is 0 Å². The average molecular weight is 272 g/mol. The molecule has 0 radical (unpaired) electrons. The van der Waals surface area contributed by atoms with Gasteiger partial charge in [-0.05, 0) is 50.2 Å². The molecule has 0 spiro atoms. The van der Waals surface area contributed by atoms with E-state index in [0.717, 1.165) is 38.5 Å². The van der Waals surface area contributed by atoms with Crippen LogP contribution in [-0.2, 0) is 4.79 Å². The molecule has 1 amide bonds. The zero-order valence-corrected chi connectivity index (χ0v) is 11.3. The summed E-state index contributed by atoms with van der Waals surface area (Å²) in [4.78, 5) is 15.7. The first-order chi connectivity index (χ1) is 9.55. The van der Waals surface area contributed by atoms with Gasteiger partial charge >= 0.3 is 0 Å². The van der Waals surface area contributed by atoms with E-state index in [0.29, 0.717) is 0 Å². The zero-order chi connectivity index (χ0) is 14.2. The third-order valence-electron chi connectivity index (χ3n) is 4.80. The van der Waals surface area contributed by atoms with E-state index in [1.54, 1.807) is 6.07 Å². The Morgan fingerprint density at radius 3 is 2.95 bits per heavy atom. The van der Waals surface area contributed by atoms with Gasteiger partial charge in [0, 0.05) is 11.6 Å². The van der Waals surface area contributed by atoms with Crippen LogP contribution in [0.15, 0.2) is 18.3 Å². The van der Waals surface area contributed by atoms with Gasteiger partial charge in [0.1, 0.15) is 5.69 Å². The van der Waals surface area contributed by atoms with Crippen molar-refractivity contribution in [3.05, 3.63) is 29.8 Å². The quantitative estimate of drug-likeness (QED) is 0.798. The lowest BCUT2D eigenvalue weighted by molar-refractivity contribution is -0.129. The second-order valence-corrected chi connectivity index (χ2v) is 6.04. The van der Waals surface area contributed by atoms with Crippen molar-refractivity contribution in [1.29, 1.82) is 0 Å². The molecule has 2 bridgehead atoms. The molecule has 0 aromatic carbocycles. The van der Waals surface area contributed by atoms with Crippen LogP contribution in [0.5, 0.6) is 0 Å². The molecular weight excluding hydrogens is 255 g/mol. The fourth-order valence-corrected chi connectivity index (χ4v) is 3.67. The predicted molar refractivity (Wildman–Crippen MR) is 72.8 cm³/mol. The molecule has 0 saturated heterocycles. The third-order valence-corrected chi connectivity index (χ3v) is 4.80. The van der Waals surface area contributed by atoms with Crippen molar-refractivity contribution < 1.29 is 9.18 Å². The molecule has 4 heteroatoms. The van der Waals surface area contributed by atoms with Crippen LogP contribution in [0.3, 0.4) is 0 Å². The lowest BCUT2D eigenvalue weighted by Crippen LogP contribution is -2.38. The maximum Gasteiger partial charge on any atom is 0.223 e. The second kappa shape index (κ2) is 4.59. The van der Waals surface area contributed by atoms with Gasteiger partial charge in [-0.15, -0.1) is 0 Å². The van der Waals surface area contributed by atoms with E-state index in [4.69, 9.17) is 5.73 Å². The topological polar surface area (TPSA) is 56.0 Å². The molecular formula is C16H17FN2O. The Morgan fingerprint density at radius 1 is 1.35 bits per heavy atom. The largest absolute Gasteiger partial charge is 0.369 e. The van der Waals surface area contributed by atoms with Crippen LogP contribution in [0, 0.1) is 28.5 Å². The van der Waals surface area contributed by atoms with Gasteiger partial charge in [0.25, 0.3) is 0 Å². The minimum atomic E-state index is -0.397. The first-order valence-corrected chi connectivity index (χ1v) is 6.99. The number of halogens is 1. The van der Waals surface area contributed by atoms with Gasteiger partial charge in [0.05, 0.1) is 5.41 Å². The highest BCUT2D eigenvalue weighted by atomic mass is 19.1. The van der Waals surface area contributed by atoms with E-state index in [2.05, 4.69) is 16.8 Å². The standard InChI is InChI=1S/C16H17FN2O/c17-12-3-1-10-19-13(12)4-7-15-5-2-6-16(11-15,9-8-15)14(18)20/h1,3,10H,2,5-6,8-9,11H2,(H2,18,20). The highest BCUT2D eigenvalue weighted by Gasteiger charge is 2.53. The third kappa shape index (κ3) is 2.07. The Kier molecular flexibility index (Phi) is 3.01. The van der Waals surface area contributed by atoms with E-state index < -0.39 is 5.82 Å². The molecule has 0 aliphatic heterocycles. The number of nitrogens with two attached hydrogens (primary N) is 1. The highest BCUT2D eigenvalue weighted by molar-refractivity contribution is 5.81. The highest BCUT2D eigenvalue weighted by Crippen LogP contribution is 2.58. The Labute approximate surface area is 117 Å². The SMILES string of the molecule is NC(=O)C12CCCC(C#Cc3ncccc3F)(CC1)C2. The van der Waals surface area contributed by atoms with E-state index in [9.17, 15) is 9.18 Å². The lowest BCUT2D eigenvalue weighted by Gasteiger charge is -2.34. The van der Waals surface area contributed by atoms with Crippen molar-refractivity contribution in [3.63, 3.8) is 0 Å². The monoisotopic (exact) mass is 272 g/mol. The van der Waals surface area contributed by atoms with Crippen molar-refractivity contribution in [2.75, 3.05) is 0 Å². The number of hydrogen-bond donors (Lipinski definition) is 1. The van der Waals surface area contributed by atoms with Crippen molar-refractivity contribution in [2.45, 2.75) is 38.5 Å². The summed E-state index contributed by atoms with van der Waals surface area (Å²) in [7, 11) is 0. The molecule has 1 aromatic rings. The maximum atomic E-state index is 13.5. The van der Waals surface area contributed by atoms with Crippen LogP contribution in [0.4, 0.5) is 4.39 Å². The summed E-state index contributed by atoms with van der Waals surface area (Å²) in [5.74, 6) is 5.47. The number of amides is 1. The molecule has 2 saturated carbocycles.